The van der Waals surface area contributed by atoms with Gasteiger partial charge in [0, 0.05) is 11.6 Å². The van der Waals surface area contributed by atoms with Crippen LogP contribution in [0, 0.1) is 5.82 Å². The van der Waals surface area contributed by atoms with Crippen molar-refractivity contribution in [1.29, 1.82) is 0 Å². The van der Waals surface area contributed by atoms with Gasteiger partial charge >= 0.3 is 5.97 Å². The second kappa shape index (κ2) is 9.64. The minimum atomic E-state index is -0.536. The first-order valence-corrected chi connectivity index (χ1v) is 11.1. The number of carbonyl (C=O) groups is 3. The number of thioether (sulfide) groups is 1. The Bertz CT molecular complexity index is 1270. The molecule has 1 saturated heterocycles. The molecule has 6 nitrogen and oxygen atoms in total. The number of esters is 1. The summed E-state index contributed by atoms with van der Waals surface area (Å²) >= 11 is 6.91. The van der Waals surface area contributed by atoms with E-state index in [1.807, 2.05) is 0 Å². The van der Waals surface area contributed by atoms with E-state index in [1.54, 1.807) is 37.3 Å². The van der Waals surface area contributed by atoms with Gasteiger partial charge in [0.1, 0.15) is 17.3 Å². The highest BCUT2D eigenvalue weighted by molar-refractivity contribution is 8.18. The van der Waals surface area contributed by atoms with Gasteiger partial charge in [0.05, 0.1) is 28.6 Å². The average molecular weight is 486 g/mol. The topological polar surface area (TPSA) is 76.8 Å². The molecular weight excluding hydrogens is 469 g/mol. The lowest BCUT2D eigenvalue weighted by Crippen LogP contribution is -2.27. The van der Waals surface area contributed by atoms with Crippen LogP contribution in [-0.2, 0) is 16.1 Å². The lowest BCUT2D eigenvalue weighted by atomic mass is 10.1. The molecule has 0 saturated carbocycles. The predicted octanol–water partition coefficient (Wildman–Crippen LogP) is 6.15. The summed E-state index contributed by atoms with van der Waals surface area (Å²) in [4.78, 5) is 38.5. The van der Waals surface area contributed by atoms with Crippen LogP contribution in [0.1, 0.15) is 28.6 Å². The molecule has 33 heavy (non-hydrogen) atoms. The van der Waals surface area contributed by atoms with Gasteiger partial charge in [0.15, 0.2) is 0 Å². The van der Waals surface area contributed by atoms with E-state index >= 15 is 0 Å². The number of amides is 2. The Kier molecular flexibility index (Phi) is 6.67. The lowest BCUT2D eigenvalue weighted by molar-refractivity contribution is -0.123. The summed E-state index contributed by atoms with van der Waals surface area (Å²) in [6, 6.07) is 13.8. The zero-order valence-electron chi connectivity index (χ0n) is 17.3. The molecular formula is C24H17ClFNO5S. The number of imide groups is 1. The molecule has 1 fully saturated rings. The van der Waals surface area contributed by atoms with Gasteiger partial charge in [-0.1, -0.05) is 23.7 Å². The maximum absolute atomic E-state index is 13.1. The number of ether oxygens (including phenoxy) is 1. The van der Waals surface area contributed by atoms with Crippen molar-refractivity contribution in [2.75, 3.05) is 6.61 Å². The smallest absolute Gasteiger partial charge is 0.339 e. The number of hydrogen-bond donors (Lipinski definition) is 0. The maximum Gasteiger partial charge on any atom is 0.339 e. The first-order valence-electron chi connectivity index (χ1n) is 9.92. The first kappa shape index (κ1) is 22.8. The van der Waals surface area contributed by atoms with Crippen molar-refractivity contribution in [3.8, 4) is 11.3 Å². The van der Waals surface area contributed by atoms with E-state index in [-0.39, 0.29) is 28.6 Å². The SMILES string of the molecule is CCOC(=O)c1cc(-c2ccc(/C=C3\SC(=O)N(Cc4ccc(F)cc4)C3=O)o2)ccc1Cl. The second-order valence-electron chi connectivity index (χ2n) is 7.01. The van der Waals surface area contributed by atoms with Crippen LogP contribution in [0.15, 0.2) is 63.9 Å². The number of halogens is 2. The standard InChI is InChI=1S/C24H17ClFNO5S/c1-2-31-23(29)18-11-15(5-9-19(18)25)20-10-8-17(32-20)12-21-22(28)27(24(30)33-21)13-14-3-6-16(26)7-4-14/h3-12H,2,13H2,1H3/b21-12-. The van der Waals surface area contributed by atoms with Crippen LogP contribution in [0.5, 0.6) is 0 Å². The van der Waals surface area contributed by atoms with Crippen molar-refractivity contribution in [1.82, 2.24) is 4.90 Å². The summed E-state index contributed by atoms with van der Waals surface area (Å²) in [5.74, 6) is -0.565. The molecule has 168 valence electrons. The first-order chi connectivity index (χ1) is 15.9. The zero-order valence-corrected chi connectivity index (χ0v) is 18.9. The third-order valence-electron chi connectivity index (χ3n) is 4.77. The minimum absolute atomic E-state index is 0.0487. The van der Waals surface area contributed by atoms with Gasteiger partial charge in [0.25, 0.3) is 11.1 Å². The van der Waals surface area contributed by atoms with E-state index < -0.39 is 22.9 Å². The summed E-state index contributed by atoms with van der Waals surface area (Å²) < 4.78 is 23.9. The third-order valence-corrected chi connectivity index (χ3v) is 6.01. The highest BCUT2D eigenvalue weighted by Gasteiger charge is 2.35. The molecule has 0 bridgehead atoms. The van der Waals surface area contributed by atoms with Gasteiger partial charge in [-0.2, -0.15) is 0 Å². The Morgan fingerprint density at radius 1 is 1.15 bits per heavy atom. The van der Waals surface area contributed by atoms with Gasteiger partial charge in [0.2, 0.25) is 0 Å². The van der Waals surface area contributed by atoms with E-state index in [0.29, 0.717) is 22.6 Å². The molecule has 4 rings (SSSR count). The number of benzene rings is 2. The normalized spacial score (nSPS) is 14.9. The Balaban J connectivity index is 1.53. The molecule has 1 aliphatic heterocycles. The fourth-order valence-corrected chi connectivity index (χ4v) is 4.18. The van der Waals surface area contributed by atoms with Gasteiger partial charge in [-0.25, -0.2) is 9.18 Å². The van der Waals surface area contributed by atoms with Crippen LogP contribution < -0.4 is 0 Å². The molecule has 3 aromatic rings. The molecule has 0 atom stereocenters. The van der Waals surface area contributed by atoms with E-state index in [0.717, 1.165) is 16.7 Å². The molecule has 0 aliphatic carbocycles. The summed E-state index contributed by atoms with van der Waals surface area (Å²) in [6.07, 6.45) is 1.49. The molecule has 0 unspecified atom stereocenters. The molecule has 2 heterocycles. The van der Waals surface area contributed by atoms with Crippen molar-refractivity contribution in [3.05, 3.63) is 87.2 Å². The molecule has 1 aliphatic rings. The maximum atomic E-state index is 13.1. The van der Waals surface area contributed by atoms with Crippen molar-refractivity contribution < 1.29 is 27.9 Å². The number of hydrogen-bond acceptors (Lipinski definition) is 6. The van der Waals surface area contributed by atoms with Gasteiger partial charge in [-0.3, -0.25) is 14.5 Å². The highest BCUT2D eigenvalue weighted by atomic mass is 35.5. The average Bonchev–Trinajstić information content (AvgIpc) is 3.36. The molecule has 2 aromatic carbocycles. The van der Waals surface area contributed by atoms with Crippen LogP contribution >= 0.6 is 23.4 Å². The Labute approximate surface area is 198 Å². The summed E-state index contributed by atoms with van der Waals surface area (Å²) in [6.45, 7) is 1.98. The van der Waals surface area contributed by atoms with Crippen LogP contribution in [0.25, 0.3) is 17.4 Å². The number of carbonyl (C=O) groups excluding carboxylic acids is 3. The Morgan fingerprint density at radius 3 is 2.64 bits per heavy atom. The fourth-order valence-electron chi connectivity index (χ4n) is 3.17. The number of rotatable bonds is 6. The molecule has 0 N–H and O–H groups in total. The molecule has 9 heteroatoms. The summed E-state index contributed by atoms with van der Waals surface area (Å²) in [7, 11) is 0. The molecule has 1 aromatic heterocycles. The summed E-state index contributed by atoms with van der Waals surface area (Å²) in [5, 5.41) is -0.155. The van der Waals surface area contributed by atoms with Gasteiger partial charge < -0.3 is 9.15 Å². The predicted molar refractivity (Wildman–Crippen MR) is 123 cm³/mol. The van der Waals surface area contributed by atoms with Crippen molar-refractivity contribution in [3.63, 3.8) is 0 Å². The minimum Gasteiger partial charge on any atom is -0.462 e. The fraction of sp³-hybridized carbons (Fsp3) is 0.125. The van der Waals surface area contributed by atoms with Crippen LogP contribution in [0.3, 0.4) is 0 Å². The van der Waals surface area contributed by atoms with Crippen molar-refractivity contribution in [2.24, 2.45) is 0 Å². The quantitative estimate of drug-likeness (QED) is 0.308. The highest BCUT2D eigenvalue weighted by Crippen LogP contribution is 2.34. The van der Waals surface area contributed by atoms with Crippen LogP contribution in [0.4, 0.5) is 9.18 Å². The monoisotopic (exact) mass is 485 g/mol. The Hall–Kier alpha value is -3.36. The second-order valence-corrected chi connectivity index (χ2v) is 8.41. The van der Waals surface area contributed by atoms with Crippen LogP contribution in [-0.4, -0.2) is 28.6 Å². The third kappa shape index (κ3) is 5.02. The van der Waals surface area contributed by atoms with E-state index in [2.05, 4.69) is 0 Å². The molecule has 0 radical (unpaired) electrons. The van der Waals surface area contributed by atoms with Gasteiger partial charge in [-0.15, -0.1) is 0 Å². The number of nitrogens with zero attached hydrogens (tertiary/aromatic N) is 1. The zero-order chi connectivity index (χ0) is 23.5. The van der Waals surface area contributed by atoms with Crippen molar-refractivity contribution >= 4 is 46.6 Å². The lowest BCUT2D eigenvalue weighted by Gasteiger charge is -2.12. The number of furan rings is 1. The largest absolute Gasteiger partial charge is 0.462 e. The molecule has 0 spiro atoms. The van der Waals surface area contributed by atoms with Crippen molar-refractivity contribution in [2.45, 2.75) is 13.5 Å². The van der Waals surface area contributed by atoms with E-state index in [4.69, 9.17) is 20.8 Å². The van der Waals surface area contributed by atoms with E-state index in [9.17, 15) is 18.8 Å². The van der Waals surface area contributed by atoms with Gasteiger partial charge in [-0.05, 0) is 66.7 Å². The molecule has 2 amide bonds. The summed E-state index contributed by atoms with van der Waals surface area (Å²) in [5.41, 5.74) is 1.46. The van der Waals surface area contributed by atoms with E-state index in [1.165, 1.54) is 30.3 Å². The van der Waals surface area contributed by atoms with Crippen LogP contribution in [0.2, 0.25) is 5.02 Å². The Morgan fingerprint density at radius 2 is 1.91 bits per heavy atom.